The van der Waals surface area contributed by atoms with Crippen LogP contribution in [0.15, 0.2) is 53.3 Å². The number of hydrogen-bond donors (Lipinski definition) is 2. The molecule has 0 unspecified atom stereocenters. The van der Waals surface area contributed by atoms with E-state index in [2.05, 4.69) is 25.8 Å². The molecule has 0 radical (unpaired) electrons. The lowest BCUT2D eigenvalue weighted by Gasteiger charge is -2.19. The second kappa shape index (κ2) is 12.4. The highest BCUT2D eigenvalue weighted by atomic mass is 16.5. The molecule has 1 aliphatic rings. The van der Waals surface area contributed by atoms with Crippen molar-refractivity contribution in [2.45, 2.75) is 18.8 Å². The SMILES string of the molecule is COCCOc1cc2ncnc(Oc3cccc(NC(=O)Nc4cc(C5CCOCC5)no4)c3)c2cc1OC. The molecule has 0 saturated carbocycles. The third-order valence-electron chi connectivity index (χ3n) is 6.14. The molecule has 12 heteroatoms. The fourth-order valence-corrected chi connectivity index (χ4v) is 4.19. The van der Waals surface area contributed by atoms with Gasteiger partial charge in [-0.1, -0.05) is 11.2 Å². The molecule has 3 heterocycles. The average molecular weight is 536 g/mol. The third kappa shape index (κ3) is 6.54. The summed E-state index contributed by atoms with van der Waals surface area (Å²) in [4.78, 5) is 21.2. The molecule has 2 N–H and O–H groups in total. The quantitative estimate of drug-likeness (QED) is 0.267. The molecule has 0 spiro atoms. The molecular weight excluding hydrogens is 506 g/mol. The van der Waals surface area contributed by atoms with Crippen molar-refractivity contribution in [2.75, 3.05) is 51.3 Å². The molecule has 39 heavy (non-hydrogen) atoms. The number of benzene rings is 2. The molecule has 1 fully saturated rings. The lowest BCUT2D eigenvalue weighted by Crippen LogP contribution is -2.19. The first-order chi connectivity index (χ1) is 19.1. The Hall–Kier alpha value is -4.42. The normalized spacial score (nSPS) is 13.7. The topological polar surface area (TPSA) is 139 Å². The molecule has 2 aromatic heterocycles. The largest absolute Gasteiger partial charge is 0.493 e. The molecule has 5 rings (SSSR count). The van der Waals surface area contributed by atoms with Gasteiger partial charge in [0.05, 0.1) is 30.3 Å². The maximum Gasteiger partial charge on any atom is 0.326 e. The van der Waals surface area contributed by atoms with E-state index in [9.17, 15) is 4.79 Å². The van der Waals surface area contributed by atoms with Gasteiger partial charge in [0.15, 0.2) is 11.5 Å². The number of fused-ring (bicyclic) bond motifs is 1. The first-order valence-electron chi connectivity index (χ1n) is 12.5. The lowest BCUT2D eigenvalue weighted by atomic mass is 9.97. The van der Waals surface area contributed by atoms with Gasteiger partial charge in [-0.15, -0.1) is 0 Å². The minimum Gasteiger partial charge on any atom is -0.493 e. The van der Waals surface area contributed by atoms with Crippen LogP contribution in [-0.4, -0.2) is 61.8 Å². The summed E-state index contributed by atoms with van der Waals surface area (Å²) in [5.41, 5.74) is 1.94. The molecule has 2 aromatic carbocycles. The van der Waals surface area contributed by atoms with Crippen molar-refractivity contribution in [1.29, 1.82) is 0 Å². The predicted octanol–water partition coefficient (Wildman–Crippen LogP) is 4.98. The number of carbonyl (C=O) groups excluding carboxylic acids is 1. The molecular formula is C27H29N5O7. The number of hydrogen-bond acceptors (Lipinski definition) is 10. The molecule has 2 amide bonds. The van der Waals surface area contributed by atoms with E-state index in [1.807, 2.05) is 0 Å². The van der Waals surface area contributed by atoms with Crippen molar-refractivity contribution in [1.82, 2.24) is 15.1 Å². The zero-order chi connectivity index (χ0) is 27.0. The number of amides is 2. The summed E-state index contributed by atoms with van der Waals surface area (Å²) in [7, 11) is 3.16. The molecule has 1 aliphatic heterocycles. The number of rotatable bonds is 10. The van der Waals surface area contributed by atoms with Crippen LogP contribution in [0.25, 0.3) is 10.9 Å². The number of nitrogens with zero attached hydrogens (tertiary/aromatic N) is 3. The van der Waals surface area contributed by atoms with Crippen LogP contribution in [-0.2, 0) is 9.47 Å². The summed E-state index contributed by atoms with van der Waals surface area (Å²) in [6.45, 7) is 2.20. The number of urea groups is 1. The fourth-order valence-electron chi connectivity index (χ4n) is 4.19. The monoisotopic (exact) mass is 535 g/mol. The van der Waals surface area contributed by atoms with E-state index >= 15 is 0 Å². The number of aromatic nitrogens is 3. The zero-order valence-electron chi connectivity index (χ0n) is 21.6. The Labute approximate surface area is 224 Å². The smallest absolute Gasteiger partial charge is 0.326 e. The zero-order valence-corrected chi connectivity index (χ0v) is 21.6. The van der Waals surface area contributed by atoms with E-state index in [1.54, 1.807) is 56.7 Å². The van der Waals surface area contributed by atoms with Gasteiger partial charge >= 0.3 is 6.03 Å². The molecule has 12 nitrogen and oxygen atoms in total. The third-order valence-corrected chi connectivity index (χ3v) is 6.14. The Morgan fingerprint density at radius 3 is 2.72 bits per heavy atom. The van der Waals surface area contributed by atoms with Gasteiger partial charge in [-0.05, 0) is 31.0 Å². The standard InChI is InChI=1S/C27H29N5O7/c1-34-10-11-37-24-14-22-20(13-23(24)35-2)26(29-16-28-22)38-19-5-3-4-18(12-19)30-27(33)31-25-15-21(32-39-25)17-6-8-36-9-7-17/h3-5,12-17H,6-11H2,1-2H3,(H2,30,31,33). The average Bonchev–Trinajstić information content (AvgIpc) is 3.42. The first kappa shape index (κ1) is 26.2. The number of carbonyl (C=O) groups is 1. The van der Waals surface area contributed by atoms with E-state index in [-0.39, 0.29) is 11.8 Å². The number of anilines is 2. The number of ether oxygens (including phenoxy) is 5. The van der Waals surface area contributed by atoms with E-state index in [4.69, 9.17) is 28.2 Å². The molecule has 204 valence electrons. The maximum absolute atomic E-state index is 12.6. The van der Waals surface area contributed by atoms with E-state index in [0.29, 0.717) is 66.1 Å². The molecule has 4 aromatic rings. The Kier molecular flexibility index (Phi) is 8.34. The van der Waals surface area contributed by atoms with Gasteiger partial charge in [-0.3, -0.25) is 5.32 Å². The summed E-state index contributed by atoms with van der Waals surface area (Å²) in [5, 5.41) is 10.2. The van der Waals surface area contributed by atoms with Crippen LogP contribution in [0.2, 0.25) is 0 Å². The Bertz CT molecular complexity index is 1420. The molecule has 0 bridgehead atoms. The lowest BCUT2D eigenvalue weighted by molar-refractivity contribution is 0.0838. The number of nitrogens with one attached hydrogen (secondary N) is 2. The molecule has 0 atom stereocenters. The maximum atomic E-state index is 12.6. The summed E-state index contributed by atoms with van der Waals surface area (Å²) in [5.74, 6) is 2.38. The van der Waals surface area contributed by atoms with E-state index in [0.717, 1.165) is 18.5 Å². The van der Waals surface area contributed by atoms with Crippen molar-refractivity contribution in [2.24, 2.45) is 0 Å². The minimum absolute atomic E-state index is 0.266. The van der Waals surface area contributed by atoms with Crippen LogP contribution >= 0.6 is 0 Å². The van der Waals surface area contributed by atoms with Gasteiger partial charge < -0.3 is 33.5 Å². The Morgan fingerprint density at radius 2 is 1.90 bits per heavy atom. The molecule has 0 aliphatic carbocycles. The van der Waals surface area contributed by atoms with E-state index in [1.165, 1.54) is 6.33 Å². The predicted molar refractivity (Wildman–Crippen MR) is 142 cm³/mol. The Morgan fingerprint density at radius 1 is 1.03 bits per heavy atom. The summed E-state index contributed by atoms with van der Waals surface area (Å²) < 4.78 is 33.0. The van der Waals surface area contributed by atoms with Crippen molar-refractivity contribution < 1.29 is 33.0 Å². The van der Waals surface area contributed by atoms with Gasteiger partial charge in [0.2, 0.25) is 11.8 Å². The summed E-state index contributed by atoms with van der Waals surface area (Å²) >= 11 is 0. The summed E-state index contributed by atoms with van der Waals surface area (Å²) in [6.07, 6.45) is 3.16. The summed E-state index contributed by atoms with van der Waals surface area (Å²) in [6, 6.07) is 11.7. The second-order valence-corrected chi connectivity index (χ2v) is 8.75. The van der Waals surface area contributed by atoms with Crippen LogP contribution < -0.4 is 24.8 Å². The van der Waals surface area contributed by atoms with Gasteiger partial charge in [-0.2, -0.15) is 0 Å². The van der Waals surface area contributed by atoms with Crippen LogP contribution in [0, 0.1) is 0 Å². The van der Waals surface area contributed by atoms with Gasteiger partial charge in [0.1, 0.15) is 18.7 Å². The molecule has 1 saturated heterocycles. The van der Waals surface area contributed by atoms with Crippen LogP contribution in [0.3, 0.4) is 0 Å². The second-order valence-electron chi connectivity index (χ2n) is 8.75. The minimum atomic E-state index is -0.472. The fraction of sp³-hybridized carbons (Fsp3) is 0.333. The van der Waals surface area contributed by atoms with Crippen molar-refractivity contribution >= 4 is 28.5 Å². The first-order valence-corrected chi connectivity index (χ1v) is 12.5. The highest BCUT2D eigenvalue weighted by Gasteiger charge is 2.20. The van der Waals surface area contributed by atoms with Gasteiger partial charge in [0.25, 0.3) is 0 Å². The van der Waals surface area contributed by atoms with Crippen LogP contribution in [0.1, 0.15) is 24.5 Å². The van der Waals surface area contributed by atoms with Crippen LogP contribution in [0.5, 0.6) is 23.1 Å². The van der Waals surface area contributed by atoms with Crippen LogP contribution in [0.4, 0.5) is 16.4 Å². The van der Waals surface area contributed by atoms with Gasteiger partial charge in [-0.25, -0.2) is 14.8 Å². The van der Waals surface area contributed by atoms with Crippen molar-refractivity contribution in [3.63, 3.8) is 0 Å². The van der Waals surface area contributed by atoms with E-state index < -0.39 is 6.03 Å². The number of methoxy groups -OCH3 is 2. The highest BCUT2D eigenvalue weighted by Crippen LogP contribution is 2.36. The Balaban J connectivity index is 1.26. The van der Waals surface area contributed by atoms with Crippen molar-refractivity contribution in [3.8, 4) is 23.1 Å². The van der Waals surface area contributed by atoms with Crippen molar-refractivity contribution in [3.05, 3.63) is 54.5 Å². The highest BCUT2D eigenvalue weighted by molar-refractivity contribution is 5.99. The van der Waals surface area contributed by atoms with Gasteiger partial charge in [0, 0.05) is 50.1 Å².